The van der Waals surface area contributed by atoms with Crippen molar-refractivity contribution in [2.24, 2.45) is 0 Å². The molecule has 0 radical (unpaired) electrons. The van der Waals surface area contributed by atoms with Gasteiger partial charge in [0, 0.05) is 0 Å². The predicted octanol–water partition coefficient (Wildman–Crippen LogP) is 3.60. The van der Waals surface area contributed by atoms with E-state index in [1.54, 1.807) is 6.07 Å². The third kappa shape index (κ3) is 9.37. The topological polar surface area (TPSA) is 57.2 Å². The van der Waals surface area contributed by atoms with Crippen LogP contribution < -0.4 is 51.4 Å². The SMILES string of the molecule is CCCCCCCCCCCCCc1ccc2cccc(S(=O)(=O)[O-])c2c1.[K+]. The zero-order valence-electron chi connectivity index (χ0n) is 17.6. The Labute approximate surface area is 213 Å². The van der Waals surface area contributed by atoms with E-state index in [1.807, 2.05) is 24.3 Å². The van der Waals surface area contributed by atoms with Gasteiger partial charge in [0.25, 0.3) is 0 Å². The molecular formula is C23H33KO3S. The molecule has 0 N–H and O–H groups in total. The molecule has 0 atom stereocenters. The van der Waals surface area contributed by atoms with Crippen molar-refractivity contribution >= 4 is 20.9 Å². The summed E-state index contributed by atoms with van der Waals surface area (Å²) in [5.41, 5.74) is 1.11. The molecule has 0 aliphatic heterocycles. The zero-order chi connectivity index (χ0) is 19.5. The third-order valence-corrected chi connectivity index (χ3v) is 6.14. The molecule has 0 saturated heterocycles. The van der Waals surface area contributed by atoms with Crippen LogP contribution in [-0.2, 0) is 16.5 Å². The molecular weight excluding hydrogens is 395 g/mol. The normalized spacial score (nSPS) is 11.5. The van der Waals surface area contributed by atoms with E-state index >= 15 is 0 Å². The van der Waals surface area contributed by atoms with E-state index in [1.165, 1.54) is 70.3 Å². The molecule has 5 heteroatoms. The van der Waals surface area contributed by atoms with Crippen LogP contribution in [0.3, 0.4) is 0 Å². The molecule has 0 aromatic heterocycles. The first-order valence-corrected chi connectivity index (χ1v) is 11.9. The first-order chi connectivity index (χ1) is 13.0. The molecule has 0 aliphatic rings. The maximum absolute atomic E-state index is 11.5. The van der Waals surface area contributed by atoms with Gasteiger partial charge in [-0.15, -0.1) is 0 Å². The monoisotopic (exact) mass is 428 g/mol. The minimum absolute atomic E-state index is 0. The first-order valence-electron chi connectivity index (χ1n) is 10.5. The summed E-state index contributed by atoms with van der Waals surface area (Å²) in [6.45, 7) is 2.25. The summed E-state index contributed by atoms with van der Waals surface area (Å²) in [4.78, 5) is -0.110. The summed E-state index contributed by atoms with van der Waals surface area (Å²) in [6, 6.07) is 10.7. The number of aryl methyl sites for hydroxylation is 1. The van der Waals surface area contributed by atoms with E-state index < -0.39 is 10.1 Å². The van der Waals surface area contributed by atoms with Crippen LogP contribution >= 0.6 is 0 Å². The first kappa shape index (κ1) is 26.3. The van der Waals surface area contributed by atoms with Crippen molar-refractivity contribution < 1.29 is 64.4 Å². The summed E-state index contributed by atoms with van der Waals surface area (Å²) in [7, 11) is -4.44. The Bertz CT molecular complexity index is 803. The Hall–Kier alpha value is 0.246. The third-order valence-electron chi connectivity index (χ3n) is 5.24. The van der Waals surface area contributed by atoms with Crippen molar-refractivity contribution in [3.63, 3.8) is 0 Å². The molecule has 0 unspecified atom stereocenters. The standard InChI is InChI=1S/C23H34O3S.K/c1-2-3-4-5-6-7-8-9-10-11-12-14-20-17-18-21-15-13-16-23(22(21)19-20)27(24,25)26;/h13,15-19H,2-12,14H2,1H3,(H,24,25,26);/q;+1/p-1. The van der Waals surface area contributed by atoms with Crippen LogP contribution in [0.15, 0.2) is 41.3 Å². The Morgan fingerprint density at radius 2 is 1.36 bits per heavy atom. The van der Waals surface area contributed by atoms with Crippen molar-refractivity contribution in [2.75, 3.05) is 0 Å². The van der Waals surface area contributed by atoms with Gasteiger partial charge in [0.1, 0.15) is 10.1 Å². The van der Waals surface area contributed by atoms with Gasteiger partial charge < -0.3 is 4.55 Å². The summed E-state index contributed by atoms with van der Waals surface area (Å²) >= 11 is 0. The molecule has 150 valence electrons. The molecule has 0 saturated carbocycles. The van der Waals surface area contributed by atoms with Crippen molar-refractivity contribution in [1.82, 2.24) is 0 Å². The van der Waals surface area contributed by atoms with Crippen LogP contribution in [0.25, 0.3) is 10.8 Å². The van der Waals surface area contributed by atoms with Crippen molar-refractivity contribution in [3.05, 3.63) is 42.0 Å². The van der Waals surface area contributed by atoms with Crippen LogP contribution in [-0.4, -0.2) is 13.0 Å². The Morgan fingerprint density at radius 3 is 1.93 bits per heavy atom. The van der Waals surface area contributed by atoms with E-state index in [4.69, 9.17) is 0 Å². The van der Waals surface area contributed by atoms with Crippen molar-refractivity contribution in [1.29, 1.82) is 0 Å². The number of benzene rings is 2. The van der Waals surface area contributed by atoms with Gasteiger partial charge in [0.2, 0.25) is 0 Å². The maximum Gasteiger partial charge on any atom is 1.00 e. The van der Waals surface area contributed by atoms with Crippen LogP contribution in [0.2, 0.25) is 0 Å². The summed E-state index contributed by atoms with van der Waals surface area (Å²) in [5, 5.41) is 1.35. The van der Waals surface area contributed by atoms with Gasteiger partial charge in [-0.25, -0.2) is 8.42 Å². The van der Waals surface area contributed by atoms with E-state index in [-0.39, 0.29) is 56.3 Å². The second-order valence-electron chi connectivity index (χ2n) is 7.55. The molecule has 2 aromatic rings. The van der Waals surface area contributed by atoms with E-state index in [9.17, 15) is 13.0 Å². The Balaban J connectivity index is 0.00000392. The van der Waals surface area contributed by atoms with Gasteiger partial charge in [-0.3, -0.25) is 0 Å². The predicted molar refractivity (Wildman–Crippen MR) is 112 cm³/mol. The van der Waals surface area contributed by atoms with Gasteiger partial charge in [-0.1, -0.05) is 95.4 Å². The fourth-order valence-electron chi connectivity index (χ4n) is 3.66. The van der Waals surface area contributed by atoms with Gasteiger partial charge >= 0.3 is 51.4 Å². The van der Waals surface area contributed by atoms with Crippen LogP contribution in [0, 0.1) is 0 Å². The van der Waals surface area contributed by atoms with Crippen molar-refractivity contribution in [3.8, 4) is 0 Å². The van der Waals surface area contributed by atoms with E-state index in [2.05, 4.69) is 6.92 Å². The average Bonchev–Trinajstić information content (AvgIpc) is 2.64. The summed E-state index contributed by atoms with van der Waals surface area (Å²) in [6.07, 6.45) is 15.4. The molecule has 0 spiro atoms. The Morgan fingerprint density at radius 1 is 0.786 bits per heavy atom. The van der Waals surface area contributed by atoms with Gasteiger partial charge in [0.15, 0.2) is 0 Å². The molecule has 0 aliphatic carbocycles. The minimum Gasteiger partial charge on any atom is -0.744 e. The van der Waals surface area contributed by atoms with Crippen LogP contribution in [0.5, 0.6) is 0 Å². The molecule has 0 bridgehead atoms. The molecule has 2 aromatic carbocycles. The molecule has 0 amide bonds. The minimum atomic E-state index is -4.44. The molecule has 2 rings (SSSR count). The molecule has 0 fully saturated rings. The van der Waals surface area contributed by atoms with Crippen LogP contribution in [0.1, 0.15) is 83.1 Å². The zero-order valence-corrected chi connectivity index (χ0v) is 21.5. The van der Waals surface area contributed by atoms with Crippen molar-refractivity contribution in [2.45, 2.75) is 88.9 Å². The number of fused-ring (bicyclic) bond motifs is 1. The van der Waals surface area contributed by atoms with Gasteiger partial charge in [-0.2, -0.15) is 0 Å². The summed E-state index contributed by atoms with van der Waals surface area (Å²) in [5.74, 6) is 0. The van der Waals surface area contributed by atoms with E-state index in [0.29, 0.717) is 5.39 Å². The maximum atomic E-state index is 11.5. The smallest absolute Gasteiger partial charge is 0.744 e. The van der Waals surface area contributed by atoms with Gasteiger partial charge in [-0.05, 0) is 41.3 Å². The second kappa shape index (κ2) is 14.3. The van der Waals surface area contributed by atoms with Gasteiger partial charge in [0.05, 0.1) is 4.90 Å². The number of hydrogen-bond acceptors (Lipinski definition) is 3. The Kier molecular flexibility index (Phi) is 13.4. The average molecular weight is 429 g/mol. The molecule has 0 heterocycles. The fourth-order valence-corrected chi connectivity index (χ4v) is 4.35. The quantitative estimate of drug-likeness (QED) is 0.278. The fraction of sp³-hybridized carbons (Fsp3) is 0.565. The molecule has 3 nitrogen and oxygen atoms in total. The largest absolute Gasteiger partial charge is 1.00 e. The summed E-state index contributed by atoms with van der Waals surface area (Å²) < 4.78 is 34.4. The van der Waals surface area contributed by atoms with Crippen LogP contribution in [0.4, 0.5) is 0 Å². The molecule has 28 heavy (non-hydrogen) atoms. The second-order valence-corrected chi connectivity index (χ2v) is 8.90. The number of unbranched alkanes of at least 4 members (excludes halogenated alkanes) is 10. The number of hydrogen-bond donors (Lipinski definition) is 0. The van der Waals surface area contributed by atoms with E-state index in [0.717, 1.165) is 23.8 Å². The number of rotatable bonds is 13.